The van der Waals surface area contributed by atoms with Gasteiger partial charge in [-0.2, -0.15) is 18.4 Å². The Labute approximate surface area is 269 Å². The number of aliphatic hydroxyl groups is 1. The third-order valence-electron chi connectivity index (χ3n) is 7.82. The average molecular weight is 708 g/mol. The Hall–Kier alpha value is -4.47. The van der Waals surface area contributed by atoms with Gasteiger partial charge in [0.15, 0.2) is 11.8 Å². The molecule has 4 rings (SSSR count). The van der Waals surface area contributed by atoms with Gasteiger partial charge >= 0.3 is 16.4 Å². The summed E-state index contributed by atoms with van der Waals surface area (Å²) in [6.07, 6.45) is -2.83. The van der Waals surface area contributed by atoms with Crippen LogP contribution in [-0.4, -0.2) is 65.3 Å². The van der Waals surface area contributed by atoms with Gasteiger partial charge in [0, 0.05) is 50.1 Å². The number of halogens is 8. The highest BCUT2D eigenvalue weighted by Crippen LogP contribution is 3.02. The maximum Gasteiger partial charge on any atom is 0.421 e. The molecule has 48 heavy (non-hydrogen) atoms. The van der Waals surface area contributed by atoms with Crippen molar-refractivity contribution in [1.82, 2.24) is 15.2 Å². The molecule has 3 aromatic rings. The first kappa shape index (κ1) is 36.4. The number of nitriles is 1. The largest absolute Gasteiger partial charge is 0.421 e. The van der Waals surface area contributed by atoms with Crippen molar-refractivity contribution in [2.24, 2.45) is 0 Å². The van der Waals surface area contributed by atoms with Crippen LogP contribution >= 0.6 is 10.2 Å². The molecule has 0 aliphatic carbocycles. The number of alkyl halides is 3. The van der Waals surface area contributed by atoms with Crippen molar-refractivity contribution in [2.45, 2.75) is 47.7 Å². The molecule has 0 spiro atoms. The lowest BCUT2D eigenvalue weighted by atomic mass is 9.89. The number of benzene rings is 2. The zero-order valence-electron chi connectivity index (χ0n) is 25.0. The maximum atomic E-state index is 14.2. The standard InChI is InChI=1S/C30H29F8N5O4S/c1-47-23-16-25(42(18-23)19-39)28(45)43(22-9-11-24(12-10-22)48(34,35,36,37)38)26(20-6-5-14-40-17-20)27(44)41-15-13-29(46,30(31,32)33)21-7-3-2-4-8-21/h2-12,14,17,23,25-26,46H,13,15-16,18H2,1H3,(H,41,44). The van der Waals surface area contributed by atoms with Gasteiger partial charge in [0.2, 0.25) is 5.91 Å². The number of carbonyl (C=O) groups is 2. The van der Waals surface area contributed by atoms with Crippen molar-refractivity contribution in [1.29, 1.82) is 5.26 Å². The molecule has 2 N–H and O–H groups in total. The summed E-state index contributed by atoms with van der Waals surface area (Å²) in [6.45, 7) is -0.884. The van der Waals surface area contributed by atoms with Crippen molar-refractivity contribution < 1.29 is 52.0 Å². The quantitative estimate of drug-likeness (QED) is 0.177. The molecule has 4 atom stereocenters. The Morgan fingerprint density at radius 2 is 1.73 bits per heavy atom. The van der Waals surface area contributed by atoms with E-state index in [2.05, 4.69) is 10.3 Å². The summed E-state index contributed by atoms with van der Waals surface area (Å²) in [6, 6.07) is 6.66. The molecule has 2 aromatic carbocycles. The van der Waals surface area contributed by atoms with Gasteiger partial charge in [-0.15, -0.1) is 0 Å². The topological polar surface area (TPSA) is 119 Å². The number of pyridine rings is 1. The minimum absolute atomic E-state index is 0.0351. The Kier molecular flexibility index (Phi) is 9.49. The van der Waals surface area contributed by atoms with Gasteiger partial charge in [-0.3, -0.25) is 24.4 Å². The Morgan fingerprint density at radius 3 is 2.25 bits per heavy atom. The van der Waals surface area contributed by atoms with E-state index in [-0.39, 0.29) is 30.7 Å². The Morgan fingerprint density at radius 1 is 1.08 bits per heavy atom. The van der Waals surface area contributed by atoms with Gasteiger partial charge in [0.25, 0.3) is 5.91 Å². The number of likely N-dealkylation sites (tertiary alicyclic amines) is 1. The van der Waals surface area contributed by atoms with E-state index in [0.717, 1.165) is 23.2 Å². The van der Waals surface area contributed by atoms with E-state index in [4.69, 9.17) is 4.74 Å². The minimum Gasteiger partial charge on any atom is -0.379 e. The zero-order valence-corrected chi connectivity index (χ0v) is 25.8. The van der Waals surface area contributed by atoms with E-state index in [9.17, 15) is 52.6 Å². The van der Waals surface area contributed by atoms with Crippen molar-refractivity contribution in [2.75, 3.05) is 25.1 Å². The van der Waals surface area contributed by atoms with E-state index >= 15 is 0 Å². The number of methoxy groups -OCH3 is 1. The third kappa shape index (κ3) is 7.80. The molecule has 18 heteroatoms. The fourth-order valence-corrected chi connectivity index (χ4v) is 5.97. The molecular formula is C30H29F8N5O4S. The number of carbonyl (C=O) groups excluding carboxylic acids is 2. The summed E-state index contributed by atoms with van der Waals surface area (Å²) < 4.78 is 115. The molecule has 1 fully saturated rings. The Bertz CT molecular complexity index is 1660. The second-order valence-electron chi connectivity index (χ2n) is 11.0. The molecule has 1 aliphatic heterocycles. The van der Waals surface area contributed by atoms with Gasteiger partial charge in [0.05, 0.1) is 12.6 Å². The first-order chi connectivity index (χ1) is 22.2. The lowest BCUT2D eigenvalue weighted by Crippen LogP contribution is -2.51. The molecule has 2 heterocycles. The fraction of sp³-hybridized carbons (Fsp3) is 0.333. The summed E-state index contributed by atoms with van der Waals surface area (Å²) in [5, 5.41) is 22.6. The van der Waals surface area contributed by atoms with Crippen LogP contribution in [0.5, 0.6) is 0 Å². The van der Waals surface area contributed by atoms with E-state index in [1.165, 1.54) is 43.6 Å². The van der Waals surface area contributed by atoms with Crippen molar-refractivity contribution in [3.05, 3.63) is 90.3 Å². The summed E-state index contributed by atoms with van der Waals surface area (Å²) in [5.74, 6) is -2.19. The van der Waals surface area contributed by atoms with E-state index in [0.29, 0.717) is 17.0 Å². The first-order valence-electron chi connectivity index (χ1n) is 14.1. The molecule has 9 nitrogen and oxygen atoms in total. The summed E-state index contributed by atoms with van der Waals surface area (Å²) in [5.41, 5.74) is -4.47. The first-order valence-corrected chi connectivity index (χ1v) is 16.0. The lowest BCUT2D eigenvalue weighted by molar-refractivity contribution is -0.268. The van der Waals surface area contributed by atoms with Crippen LogP contribution in [0.2, 0.25) is 0 Å². The number of nitrogens with one attached hydrogen (secondary N) is 1. The van der Waals surface area contributed by atoms with Crippen molar-refractivity contribution in [3.8, 4) is 6.19 Å². The lowest BCUT2D eigenvalue weighted by Gasteiger charge is -2.41. The van der Waals surface area contributed by atoms with Crippen LogP contribution in [0.25, 0.3) is 0 Å². The summed E-state index contributed by atoms with van der Waals surface area (Å²) in [4.78, 5) is 31.3. The number of aromatic nitrogens is 1. The molecule has 1 saturated heterocycles. The van der Waals surface area contributed by atoms with Crippen molar-refractivity contribution >= 4 is 27.7 Å². The number of rotatable bonds is 11. The maximum absolute atomic E-state index is 14.2. The molecule has 0 bridgehead atoms. The van der Waals surface area contributed by atoms with Gasteiger partial charge < -0.3 is 15.2 Å². The molecular weight excluding hydrogens is 678 g/mol. The SMILES string of the molecule is COC1CC(C(=O)N(c2ccc(S(F)(F)(F)(F)F)cc2)C(C(=O)NCCC(O)(c2ccccc2)C(F)(F)F)c2cccnc2)N(C#N)C1. The minimum atomic E-state index is -10.2. The fourth-order valence-electron chi connectivity index (χ4n) is 5.32. The molecule has 0 saturated carbocycles. The van der Waals surface area contributed by atoms with Gasteiger partial charge in [-0.05, 0) is 35.9 Å². The number of anilines is 1. The van der Waals surface area contributed by atoms with Gasteiger partial charge in [0.1, 0.15) is 17.0 Å². The van der Waals surface area contributed by atoms with Crippen LogP contribution in [0, 0.1) is 11.5 Å². The second kappa shape index (κ2) is 12.5. The van der Waals surface area contributed by atoms with Crippen LogP contribution < -0.4 is 10.2 Å². The zero-order chi connectivity index (χ0) is 35.6. The highest BCUT2D eigenvalue weighted by Gasteiger charge is 2.65. The molecule has 0 radical (unpaired) electrons. The average Bonchev–Trinajstić information content (AvgIpc) is 3.46. The highest BCUT2D eigenvalue weighted by atomic mass is 32.5. The van der Waals surface area contributed by atoms with Crippen LogP contribution in [0.15, 0.2) is 84.0 Å². The smallest absolute Gasteiger partial charge is 0.379 e. The molecule has 1 aliphatic rings. The van der Waals surface area contributed by atoms with Crippen LogP contribution in [0.4, 0.5) is 38.3 Å². The number of ether oxygens (including phenoxy) is 1. The highest BCUT2D eigenvalue weighted by molar-refractivity contribution is 8.45. The van der Waals surface area contributed by atoms with Gasteiger partial charge in [-0.25, -0.2) is 0 Å². The summed E-state index contributed by atoms with van der Waals surface area (Å²) >= 11 is 0. The normalized spacial score (nSPS) is 20.1. The predicted molar refractivity (Wildman–Crippen MR) is 158 cm³/mol. The summed E-state index contributed by atoms with van der Waals surface area (Å²) in [7, 11) is -8.85. The number of hydrogen-bond acceptors (Lipinski definition) is 7. The Balaban J connectivity index is 1.77. The van der Waals surface area contributed by atoms with Crippen molar-refractivity contribution in [3.63, 3.8) is 0 Å². The predicted octanol–water partition coefficient (Wildman–Crippen LogP) is 6.34. The van der Waals surface area contributed by atoms with Gasteiger partial charge in [-0.1, -0.05) is 55.8 Å². The number of amides is 2. The van der Waals surface area contributed by atoms with E-state index < -0.39 is 81.1 Å². The molecule has 1 aromatic heterocycles. The van der Waals surface area contributed by atoms with Crippen LogP contribution in [0.3, 0.4) is 0 Å². The monoisotopic (exact) mass is 707 g/mol. The molecule has 4 unspecified atom stereocenters. The van der Waals surface area contributed by atoms with E-state index in [1.807, 2.05) is 6.19 Å². The van der Waals surface area contributed by atoms with Crippen LogP contribution in [-0.2, 0) is 19.9 Å². The second-order valence-corrected chi connectivity index (χ2v) is 13.4. The third-order valence-corrected chi connectivity index (χ3v) is 8.98. The van der Waals surface area contributed by atoms with Crippen LogP contribution in [0.1, 0.15) is 30.0 Å². The van der Waals surface area contributed by atoms with E-state index in [1.54, 1.807) is 0 Å². The number of hydrogen-bond donors (Lipinski definition) is 2. The molecule has 260 valence electrons. The number of nitrogens with zero attached hydrogens (tertiary/aromatic N) is 4. The molecule has 2 amide bonds.